The Labute approximate surface area is 116 Å². The minimum absolute atomic E-state index is 0.00675. The second kappa shape index (κ2) is 7.30. The van der Waals surface area contributed by atoms with E-state index in [1.807, 2.05) is 13.8 Å². The summed E-state index contributed by atoms with van der Waals surface area (Å²) in [7, 11) is 0. The van der Waals surface area contributed by atoms with Crippen molar-refractivity contribution in [1.82, 2.24) is 0 Å². The van der Waals surface area contributed by atoms with Crippen molar-refractivity contribution in [3.05, 3.63) is 30.3 Å². The Balaban J connectivity index is 2.02. The van der Waals surface area contributed by atoms with Crippen molar-refractivity contribution in [2.45, 2.75) is 37.8 Å². The monoisotopic (exact) mass is 314 g/mol. The predicted molar refractivity (Wildman–Crippen MR) is 75.3 cm³/mol. The Morgan fingerprint density at radius 2 is 1.72 bits per heavy atom. The molecule has 1 atom stereocenters. The molecule has 3 heteroatoms. The second-order valence-corrected chi connectivity index (χ2v) is 7.14. The van der Waals surface area contributed by atoms with Gasteiger partial charge < -0.3 is 0 Å². The van der Waals surface area contributed by atoms with Gasteiger partial charge in [-0.2, -0.15) is 0 Å². The van der Waals surface area contributed by atoms with E-state index >= 15 is 0 Å². The van der Waals surface area contributed by atoms with Gasteiger partial charge in [-0.15, -0.1) is 0 Å². The summed E-state index contributed by atoms with van der Waals surface area (Å²) in [6.07, 6.45) is 2.68. The van der Waals surface area contributed by atoms with Crippen LogP contribution in [0.25, 0.3) is 0 Å². The predicted octanol–water partition coefficient (Wildman–Crippen LogP) is 2.61. The molecule has 1 aliphatic carbocycles. The van der Waals surface area contributed by atoms with Crippen molar-refractivity contribution in [3.63, 3.8) is 0 Å². The van der Waals surface area contributed by atoms with Crippen LogP contribution in [0.3, 0.4) is 0 Å². The second-order valence-electron chi connectivity index (χ2n) is 4.51. The van der Waals surface area contributed by atoms with Crippen LogP contribution in [0.5, 0.6) is 0 Å². The van der Waals surface area contributed by atoms with Gasteiger partial charge in [0.1, 0.15) is 0 Å². The van der Waals surface area contributed by atoms with Gasteiger partial charge >= 0.3 is 116 Å². The molecule has 1 saturated carbocycles. The van der Waals surface area contributed by atoms with E-state index in [1.165, 1.54) is 17.3 Å². The number of hydrogen-bond donors (Lipinski definition) is 0. The molecule has 0 saturated heterocycles. The molecule has 0 N–H and O–H groups in total. The molecule has 0 aliphatic heterocycles. The van der Waals surface area contributed by atoms with Crippen LogP contribution in [0.2, 0.25) is 4.82 Å². The first-order valence-electron chi connectivity index (χ1n) is 6.80. The Hall–Kier alpha value is -0.341. The third-order valence-corrected chi connectivity index (χ3v) is 6.02. The zero-order chi connectivity index (χ0) is 12.8. The van der Waals surface area contributed by atoms with Gasteiger partial charge in [-0.1, -0.05) is 0 Å². The third kappa shape index (κ3) is 4.10. The Bertz CT molecular complexity index is 332. The topological polar surface area (TPSA) is 18.5 Å². The fraction of sp³-hybridized carbons (Fsp3) is 0.600. The first-order chi connectivity index (χ1) is 8.85. The summed E-state index contributed by atoms with van der Waals surface area (Å²) in [5, 5.41) is 0. The average Bonchev–Trinajstić information content (AvgIpc) is 3.21. The quantitative estimate of drug-likeness (QED) is 0.542. The van der Waals surface area contributed by atoms with Crippen LogP contribution in [0.1, 0.15) is 26.7 Å². The van der Waals surface area contributed by atoms with E-state index in [-0.39, 0.29) is 6.29 Å². The molecule has 18 heavy (non-hydrogen) atoms. The van der Waals surface area contributed by atoms with Crippen LogP contribution >= 0.6 is 0 Å². The van der Waals surface area contributed by atoms with Crippen molar-refractivity contribution in [2.24, 2.45) is 5.92 Å². The van der Waals surface area contributed by atoms with Gasteiger partial charge in [0.15, 0.2) is 0 Å². The molecule has 0 heterocycles. The van der Waals surface area contributed by atoms with Crippen molar-refractivity contribution in [3.8, 4) is 0 Å². The zero-order valence-corrected chi connectivity index (χ0v) is 12.9. The molecule has 1 aromatic carbocycles. The average molecular weight is 313 g/mol. The van der Waals surface area contributed by atoms with Gasteiger partial charge in [-0.25, -0.2) is 0 Å². The van der Waals surface area contributed by atoms with Gasteiger partial charge in [-0.3, -0.25) is 0 Å². The van der Waals surface area contributed by atoms with Crippen LogP contribution in [0, 0.1) is 5.92 Å². The summed E-state index contributed by atoms with van der Waals surface area (Å²) in [5.74, 6) is 0.813. The SMILES string of the molecule is CCOC(OCC)C([Se]c1ccccc1)C1CC1. The Morgan fingerprint density at radius 1 is 1.11 bits per heavy atom. The maximum absolute atomic E-state index is 5.81. The third-order valence-electron chi connectivity index (χ3n) is 3.03. The summed E-state index contributed by atoms with van der Waals surface area (Å²) in [5.41, 5.74) is 0. The number of hydrogen-bond acceptors (Lipinski definition) is 2. The Morgan fingerprint density at radius 3 is 2.22 bits per heavy atom. The molecule has 1 unspecified atom stereocenters. The van der Waals surface area contributed by atoms with Crippen LogP contribution in [-0.2, 0) is 9.47 Å². The van der Waals surface area contributed by atoms with Gasteiger partial charge in [0.2, 0.25) is 0 Å². The molecular formula is C15H22O2Se. The van der Waals surface area contributed by atoms with Crippen LogP contribution in [0.15, 0.2) is 30.3 Å². The van der Waals surface area contributed by atoms with E-state index in [4.69, 9.17) is 9.47 Å². The molecule has 100 valence electrons. The molecule has 0 amide bonds. The standard InChI is InChI=1S/C15H22O2Se/c1-3-16-15(17-4-2)14(12-10-11-12)18-13-8-6-5-7-9-13/h5-9,12,14-15H,3-4,10-11H2,1-2H3. The summed E-state index contributed by atoms with van der Waals surface area (Å²) in [6, 6.07) is 10.8. The summed E-state index contributed by atoms with van der Waals surface area (Å²) in [4.78, 5) is 0.569. The van der Waals surface area contributed by atoms with E-state index < -0.39 is 0 Å². The van der Waals surface area contributed by atoms with Gasteiger partial charge in [0, 0.05) is 0 Å². The normalized spacial score (nSPS) is 17.1. The maximum atomic E-state index is 5.81. The van der Waals surface area contributed by atoms with E-state index in [2.05, 4.69) is 30.3 Å². The van der Waals surface area contributed by atoms with E-state index in [1.54, 1.807) is 0 Å². The molecular weight excluding hydrogens is 291 g/mol. The van der Waals surface area contributed by atoms with Crippen molar-refractivity contribution >= 4 is 19.4 Å². The molecule has 1 fully saturated rings. The fourth-order valence-corrected chi connectivity index (χ4v) is 4.88. The van der Waals surface area contributed by atoms with E-state index in [0.29, 0.717) is 19.8 Å². The van der Waals surface area contributed by atoms with Crippen LogP contribution < -0.4 is 4.46 Å². The molecule has 0 radical (unpaired) electrons. The van der Waals surface area contributed by atoms with Crippen LogP contribution in [-0.4, -0.2) is 34.5 Å². The minimum atomic E-state index is -0.00675. The molecule has 0 aromatic heterocycles. The van der Waals surface area contributed by atoms with Crippen LogP contribution in [0.4, 0.5) is 0 Å². The molecule has 2 rings (SSSR count). The van der Waals surface area contributed by atoms with Gasteiger partial charge in [-0.05, 0) is 0 Å². The van der Waals surface area contributed by atoms with Gasteiger partial charge in [0.05, 0.1) is 0 Å². The first-order valence-corrected chi connectivity index (χ1v) is 8.64. The summed E-state index contributed by atoms with van der Waals surface area (Å²) in [6.45, 7) is 5.56. The Kier molecular flexibility index (Phi) is 5.71. The van der Waals surface area contributed by atoms with E-state index in [0.717, 1.165) is 19.1 Å². The molecule has 1 aromatic rings. The van der Waals surface area contributed by atoms with E-state index in [9.17, 15) is 0 Å². The van der Waals surface area contributed by atoms with Crippen molar-refractivity contribution in [1.29, 1.82) is 0 Å². The number of ether oxygens (including phenoxy) is 2. The number of rotatable bonds is 8. The molecule has 0 spiro atoms. The molecule has 1 aliphatic rings. The van der Waals surface area contributed by atoms with Crippen molar-refractivity contribution in [2.75, 3.05) is 13.2 Å². The van der Waals surface area contributed by atoms with Crippen molar-refractivity contribution < 1.29 is 9.47 Å². The molecule has 2 nitrogen and oxygen atoms in total. The first kappa shape index (κ1) is 14.1. The molecule has 0 bridgehead atoms. The summed E-state index contributed by atoms with van der Waals surface area (Å²) < 4.78 is 13.1. The summed E-state index contributed by atoms with van der Waals surface area (Å²) >= 11 is 0.442. The fourth-order valence-electron chi connectivity index (χ4n) is 2.02. The van der Waals surface area contributed by atoms with Gasteiger partial charge in [0.25, 0.3) is 0 Å². The zero-order valence-electron chi connectivity index (χ0n) is 11.2. The number of benzene rings is 1.